The van der Waals surface area contributed by atoms with E-state index < -0.39 is 0 Å². The summed E-state index contributed by atoms with van der Waals surface area (Å²) in [6, 6.07) is 10.4. The summed E-state index contributed by atoms with van der Waals surface area (Å²) in [7, 11) is 0. The minimum absolute atomic E-state index is 0.178. The van der Waals surface area contributed by atoms with Crippen LogP contribution < -0.4 is 0 Å². The maximum absolute atomic E-state index is 9.15. The van der Waals surface area contributed by atoms with Gasteiger partial charge in [-0.1, -0.05) is 43.3 Å². The van der Waals surface area contributed by atoms with Gasteiger partial charge in [-0.3, -0.25) is 4.98 Å². The summed E-state index contributed by atoms with van der Waals surface area (Å²) >= 11 is 0. The number of allylic oxidation sites excluding steroid dienone is 1. The Morgan fingerprint density at radius 1 is 1.16 bits per heavy atom. The Morgan fingerprint density at radius 3 is 2.53 bits per heavy atom. The van der Waals surface area contributed by atoms with E-state index in [1.807, 2.05) is 38.4 Å². The highest BCUT2D eigenvalue weighted by Gasteiger charge is 2.04. The average Bonchev–Trinajstić information content (AvgIpc) is 2.47. The second-order valence-electron chi connectivity index (χ2n) is 4.71. The standard InChI is InChI=1S/C17H19NO/c1-3-4-14-9-17(11-18-10-14)16-7-5-15(6-8-16)13(2)12-19/h3-11,13,19H,12H2,1-2H3/b4-3+. The maximum Gasteiger partial charge on any atom is 0.0497 e. The molecule has 1 aromatic heterocycles. The second-order valence-corrected chi connectivity index (χ2v) is 4.71. The molecule has 0 aliphatic carbocycles. The monoisotopic (exact) mass is 253 g/mol. The lowest BCUT2D eigenvalue weighted by molar-refractivity contribution is 0.273. The van der Waals surface area contributed by atoms with Crippen molar-refractivity contribution < 1.29 is 5.11 Å². The van der Waals surface area contributed by atoms with Crippen LogP contribution >= 0.6 is 0 Å². The fourth-order valence-corrected chi connectivity index (χ4v) is 2.01. The molecule has 0 aliphatic heterocycles. The SMILES string of the molecule is C/C=C/c1cncc(-c2ccc(C(C)CO)cc2)c1. The van der Waals surface area contributed by atoms with Crippen LogP contribution in [0.1, 0.15) is 30.9 Å². The number of aliphatic hydroxyl groups excluding tert-OH is 1. The summed E-state index contributed by atoms with van der Waals surface area (Å²) in [5.41, 5.74) is 4.52. The molecule has 2 rings (SSSR count). The topological polar surface area (TPSA) is 33.1 Å². The lowest BCUT2D eigenvalue weighted by Crippen LogP contribution is -1.98. The zero-order chi connectivity index (χ0) is 13.7. The predicted molar refractivity (Wildman–Crippen MR) is 79.9 cm³/mol. The second kappa shape index (κ2) is 6.30. The first-order valence-corrected chi connectivity index (χ1v) is 6.53. The molecule has 0 saturated carbocycles. The van der Waals surface area contributed by atoms with Gasteiger partial charge in [0.2, 0.25) is 0 Å². The van der Waals surface area contributed by atoms with Gasteiger partial charge >= 0.3 is 0 Å². The molecule has 0 bridgehead atoms. The molecule has 1 aromatic carbocycles. The largest absolute Gasteiger partial charge is 0.396 e. The first-order chi connectivity index (χ1) is 9.24. The molecule has 98 valence electrons. The maximum atomic E-state index is 9.15. The highest BCUT2D eigenvalue weighted by molar-refractivity contribution is 5.66. The van der Waals surface area contributed by atoms with Crippen LogP contribution in [0.5, 0.6) is 0 Å². The Morgan fingerprint density at radius 2 is 1.89 bits per heavy atom. The summed E-state index contributed by atoms with van der Waals surface area (Å²) in [4.78, 5) is 4.26. The van der Waals surface area contributed by atoms with Gasteiger partial charge in [-0.05, 0) is 29.7 Å². The van der Waals surface area contributed by atoms with Crippen molar-refractivity contribution in [1.29, 1.82) is 0 Å². The molecule has 0 amide bonds. The summed E-state index contributed by atoms with van der Waals surface area (Å²) in [5, 5.41) is 9.15. The van der Waals surface area contributed by atoms with Crippen LogP contribution in [-0.4, -0.2) is 16.7 Å². The zero-order valence-corrected chi connectivity index (χ0v) is 11.4. The van der Waals surface area contributed by atoms with E-state index in [-0.39, 0.29) is 12.5 Å². The Kier molecular flexibility index (Phi) is 4.48. The first-order valence-electron chi connectivity index (χ1n) is 6.53. The highest BCUT2D eigenvalue weighted by Crippen LogP contribution is 2.23. The number of pyridine rings is 1. The summed E-state index contributed by atoms with van der Waals surface area (Å²) < 4.78 is 0. The van der Waals surface area contributed by atoms with Gasteiger partial charge in [0.15, 0.2) is 0 Å². The molecule has 0 fully saturated rings. The van der Waals surface area contributed by atoms with Gasteiger partial charge in [-0.15, -0.1) is 0 Å². The van der Waals surface area contributed by atoms with Crippen molar-refractivity contribution in [2.45, 2.75) is 19.8 Å². The number of aliphatic hydroxyl groups is 1. The molecule has 0 saturated heterocycles. The highest BCUT2D eigenvalue weighted by atomic mass is 16.3. The molecule has 2 aromatic rings. The lowest BCUT2D eigenvalue weighted by atomic mass is 9.98. The fourth-order valence-electron chi connectivity index (χ4n) is 2.01. The van der Waals surface area contributed by atoms with Crippen LogP contribution in [0.2, 0.25) is 0 Å². The van der Waals surface area contributed by atoms with Gasteiger partial charge in [-0.25, -0.2) is 0 Å². The van der Waals surface area contributed by atoms with E-state index in [0.717, 1.165) is 22.3 Å². The Hall–Kier alpha value is -1.93. The normalized spacial score (nSPS) is 12.8. The fraction of sp³-hybridized carbons (Fsp3) is 0.235. The molecule has 1 unspecified atom stereocenters. The van der Waals surface area contributed by atoms with Crippen molar-refractivity contribution in [2.24, 2.45) is 0 Å². The number of benzene rings is 1. The number of rotatable bonds is 4. The summed E-state index contributed by atoms with van der Waals surface area (Å²) in [5.74, 6) is 0.182. The van der Waals surface area contributed by atoms with Crippen LogP contribution in [0.25, 0.3) is 17.2 Å². The van der Waals surface area contributed by atoms with Crippen LogP contribution in [0.15, 0.2) is 48.8 Å². The van der Waals surface area contributed by atoms with Gasteiger partial charge in [0.05, 0.1) is 0 Å². The Bertz CT molecular complexity index is 558. The van der Waals surface area contributed by atoms with Crippen LogP contribution in [0, 0.1) is 0 Å². The van der Waals surface area contributed by atoms with Crippen molar-refractivity contribution in [3.05, 3.63) is 59.9 Å². The zero-order valence-electron chi connectivity index (χ0n) is 11.4. The van der Waals surface area contributed by atoms with Crippen molar-refractivity contribution in [1.82, 2.24) is 4.98 Å². The van der Waals surface area contributed by atoms with Gasteiger partial charge in [0, 0.05) is 30.5 Å². The van der Waals surface area contributed by atoms with Gasteiger partial charge in [-0.2, -0.15) is 0 Å². The molecule has 1 heterocycles. The van der Waals surface area contributed by atoms with Gasteiger partial charge in [0.1, 0.15) is 0 Å². The molecule has 1 N–H and O–H groups in total. The number of hydrogen-bond acceptors (Lipinski definition) is 2. The van der Waals surface area contributed by atoms with Crippen LogP contribution in [-0.2, 0) is 0 Å². The molecular formula is C17H19NO. The minimum atomic E-state index is 0.178. The third kappa shape index (κ3) is 3.30. The van der Waals surface area contributed by atoms with Crippen molar-refractivity contribution in [3.63, 3.8) is 0 Å². The number of hydrogen-bond donors (Lipinski definition) is 1. The van der Waals surface area contributed by atoms with Gasteiger partial charge < -0.3 is 5.11 Å². The summed E-state index contributed by atoms with van der Waals surface area (Å²) in [6.45, 7) is 4.19. The molecule has 0 aliphatic rings. The minimum Gasteiger partial charge on any atom is -0.396 e. The van der Waals surface area contributed by atoms with E-state index in [0.29, 0.717) is 0 Å². The quantitative estimate of drug-likeness (QED) is 0.897. The van der Waals surface area contributed by atoms with Crippen molar-refractivity contribution in [2.75, 3.05) is 6.61 Å². The molecular weight excluding hydrogens is 234 g/mol. The third-order valence-electron chi connectivity index (χ3n) is 3.21. The molecule has 0 spiro atoms. The smallest absolute Gasteiger partial charge is 0.0497 e. The molecule has 2 nitrogen and oxygen atoms in total. The number of aromatic nitrogens is 1. The van der Waals surface area contributed by atoms with E-state index in [1.54, 1.807) is 0 Å². The van der Waals surface area contributed by atoms with Crippen molar-refractivity contribution >= 4 is 6.08 Å². The molecule has 1 atom stereocenters. The van der Waals surface area contributed by atoms with Gasteiger partial charge in [0.25, 0.3) is 0 Å². The predicted octanol–water partition coefficient (Wildman–Crippen LogP) is 3.88. The van der Waals surface area contributed by atoms with Crippen LogP contribution in [0.3, 0.4) is 0 Å². The number of nitrogens with zero attached hydrogens (tertiary/aromatic N) is 1. The molecule has 2 heteroatoms. The first kappa shape index (κ1) is 13.5. The lowest BCUT2D eigenvalue weighted by Gasteiger charge is -2.09. The van der Waals surface area contributed by atoms with E-state index in [4.69, 9.17) is 5.11 Å². The van der Waals surface area contributed by atoms with Crippen LogP contribution in [0.4, 0.5) is 0 Å². The summed E-state index contributed by atoms with van der Waals surface area (Å²) in [6.07, 6.45) is 7.77. The third-order valence-corrected chi connectivity index (χ3v) is 3.21. The molecule has 0 radical (unpaired) electrons. The average molecular weight is 253 g/mol. The van der Waals surface area contributed by atoms with E-state index >= 15 is 0 Å². The molecule has 19 heavy (non-hydrogen) atoms. The van der Waals surface area contributed by atoms with E-state index in [2.05, 4.69) is 35.3 Å². The van der Waals surface area contributed by atoms with Crippen molar-refractivity contribution in [3.8, 4) is 11.1 Å². The van der Waals surface area contributed by atoms with E-state index in [1.165, 1.54) is 0 Å². The Labute approximate surface area is 114 Å². The Balaban J connectivity index is 2.29. The van der Waals surface area contributed by atoms with E-state index in [9.17, 15) is 0 Å².